The Morgan fingerprint density at radius 2 is 1.85 bits per heavy atom. The van der Waals surface area contributed by atoms with Gasteiger partial charge in [-0.05, 0) is 29.8 Å². The number of amides is 1. The summed E-state index contributed by atoms with van der Waals surface area (Å²) in [5.41, 5.74) is 1.86. The van der Waals surface area contributed by atoms with Crippen molar-refractivity contribution < 1.29 is 14.7 Å². The standard InChI is InChI=1S/C19H17N3O4/c1-20-15-4-2-3-13-9-14(18(24)22-16(13)15)17(23)21-10-11-5-7-12(8-6-11)19(25)26/h2-9,20H,10H2,1H3,(H,21,23)(H,22,24)(H,25,26). The average Bonchev–Trinajstić information content (AvgIpc) is 2.65. The van der Waals surface area contributed by atoms with Gasteiger partial charge in [-0.15, -0.1) is 0 Å². The number of benzene rings is 2. The number of H-pyrrole nitrogens is 1. The first kappa shape index (κ1) is 17.2. The van der Waals surface area contributed by atoms with E-state index in [1.165, 1.54) is 12.1 Å². The van der Waals surface area contributed by atoms with Crippen molar-refractivity contribution in [3.05, 3.63) is 75.6 Å². The number of carboxylic acid groups (broad SMARTS) is 1. The Labute approximate surface area is 148 Å². The molecule has 2 aromatic carbocycles. The zero-order valence-corrected chi connectivity index (χ0v) is 14.0. The number of hydrogen-bond donors (Lipinski definition) is 4. The van der Waals surface area contributed by atoms with E-state index in [0.29, 0.717) is 5.52 Å². The van der Waals surface area contributed by atoms with Crippen molar-refractivity contribution in [2.45, 2.75) is 6.54 Å². The number of carbonyl (C=O) groups excluding carboxylic acids is 1. The van der Waals surface area contributed by atoms with Gasteiger partial charge in [-0.1, -0.05) is 24.3 Å². The molecule has 0 saturated carbocycles. The molecule has 0 atom stereocenters. The molecule has 0 aliphatic rings. The molecule has 0 spiro atoms. The summed E-state index contributed by atoms with van der Waals surface area (Å²) in [6, 6.07) is 13.2. The summed E-state index contributed by atoms with van der Waals surface area (Å²) in [6.45, 7) is 0.187. The Morgan fingerprint density at radius 1 is 1.12 bits per heavy atom. The van der Waals surface area contributed by atoms with Crippen molar-refractivity contribution in [2.75, 3.05) is 12.4 Å². The SMILES string of the molecule is CNc1cccc2cc(C(=O)NCc3ccc(C(=O)O)cc3)c(=O)[nH]c12. The highest BCUT2D eigenvalue weighted by atomic mass is 16.4. The van der Waals surface area contributed by atoms with Crippen LogP contribution >= 0.6 is 0 Å². The molecule has 132 valence electrons. The molecule has 0 radical (unpaired) electrons. The van der Waals surface area contributed by atoms with Crippen LogP contribution in [0.2, 0.25) is 0 Å². The Hall–Kier alpha value is -3.61. The highest BCUT2D eigenvalue weighted by Gasteiger charge is 2.13. The Kier molecular flexibility index (Phi) is 4.70. The molecule has 1 amide bonds. The zero-order valence-electron chi connectivity index (χ0n) is 14.0. The first-order chi connectivity index (χ1) is 12.5. The topological polar surface area (TPSA) is 111 Å². The first-order valence-electron chi connectivity index (χ1n) is 7.94. The number of carboxylic acids is 1. The smallest absolute Gasteiger partial charge is 0.335 e. The average molecular weight is 351 g/mol. The summed E-state index contributed by atoms with van der Waals surface area (Å²) >= 11 is 0. The minimum absolute atomic E-state index is 0.0212. The maximum absolute atomic E-state index is 12.4. The van der Waals surface area contributed by atoms with E-state index >= 15 is 0 Å². The quantitative estimate of drug-likeness (QED) is 0.563. The molecule has 0 unspecified atom stereocenters. The number of aromatic carboxylic acids is 1. The number of hydrogen-bond acceptors (Lipinski definition) is 4. The second kappa shape index (κ2) is 7.10. The van der Waals surface area contributed by atoms with E-state index < -0.39 is 17.4 Å². The van der Waals surface area contributed by atoms with Crippen LogP contribution in [0.5, 0.6) is 0 Å². The number of rotatable bonds is 5. The second-order valence-corrected chi connectivity index (χ2v) is 5.72. The van der Waals surface area contributed by atoms with Crippen molar-refractivity contribution in [3.8, 4) is 0 Å². The normalized spacial score (nSPS) is 10.5. The van der Waals surface area contributed by atoms with Gasteiger partial charge in [0.2, 0.25) is 0 Å². The van der Waals surface area contributed by atoms with Gasteiger partial charge >= 0.3 is 5.97 Å². The third kappa shape index (κ3) is 3.41. The summed E-state index contributed by atoms with van der Waals surface area (Å²) in [5.74, 6) is -1.51. The zero-order chi connectivity index (χ0) is 18.7. The highest BCUT2D eigenvalue weighted by Crippen LogP contribution is 2.20. The minimum atomic E-state index is -1.01. The third-order valence-corrected chi connectivity index (χ3v) is 4.05. The lowest BCUT2D eigenvalue weighted by atomic mass is 10.1. The van der Waals surface area contributed by atoms with Gasteiger partial charge < -0.3 is 20.7 Å². The molecular formula is C19H17N3O4. The van der Waals surface area contributed by atoms with Crippen LogP contribution in [0.15, 0.2) is 53.3 Å². The molecule has 3 aromatic rings. The van der Waals surface area contributed by atoms with E-state index in [1.54, 1.807) is 25.2 Å². The van der Waals surface area contributed by atoms with Gasteiger partial charge in [0, 0.05) is 19.0 Å². The molecule has 7 heteroatoms. The number of pyridine rings is 1. The molecule has 1 aromatic heterocycles. The summed E-state index contributed by atoms with van der Waals surface area (Å²) in [7, 11) is 1.75. The number of fused-ring (bicyclic) bond motifs is 1. The molecule has 0 bridgehead atoms. The van der Waals surface area contributed by atoms with Crippen LogP contribution in [0, 0.1) is 0 Å². The van der Waals surface area contributed by atoms with Gasteiger partial charge in [0.05, 0.1) is 16.8 Å². The Balaban J connectivity index is 1.80. The molecule has 0 fully saturated rings. The second-order valence-electron chi connectivity index (χ2n) is 5.72. The monoisotopic (exact) mass is 351 g/mol. The van der Waals surface area contributed by atoms with Gasteiger partial charge in [0.1, 0.15) is 5.56 Å². The van der Waals surface area contributed by atoms with Gasteiger partial charge in [0.25, 0.3) is 11.5 Å². The largest absolute Gasteiger partial charge is 0.478 e. The van der Waals surface area contributed by atoms with Crippen LogP contribution in [-0.2, 0) is 6.54 Å². The van der Waals surface area contributed by atoms with Crippen LogP contribution in [0.25, 0.3) is 10.9 Å². The number of aromatic nitrogens is 1. The molecule has 4 N–H and O–H groups in total. The molecule has 1 heterocycles. The molecule has 0 saturated heterocycles. The van der Waals surface area contributed by atoms with E-state index in [-0.39, 0.29) is 17.7 Å². The van der Waals surface area contributed by atoms with Gasteiger partial charge in [0.15, 0.2) is 0 Å². The number of para-hydroxylation sites is 1. The summed E-state index contributed by atoms with van der Waals surface area (Å²) in [4.78, 5) is 38.2. The van der Waals surface area contributed by atoms with Crippen LogP contribution < -0.4 is 16.2 Å². The fourth-order valence-electron chi connectivity index (χ4n) is 2.65. The molecular weight excluding hydrogens is 334 g/mol. The van der Waals surface area contributed by atoms with E-state index in [9.17, 15) is 14.4 Å². The van der Waals surface area contributed by atoms with Crippen LogP contribution in [0.3, 0.4) is 0 Å². The lowest BCUT2D eigenvalue weighted by Crippen LogP contribution is -2.29. The number of aromatic amines is 1. The lowest BCUT2D eigenvalue weighted by Gasteiger charge is -2.08. The van der Waals surface area contributed by atoms with Crippen LogP contribution in [0.1, 0.15) is 26.3 Å². The predicted molar refractivity (Wildman–Crippen MR) is 98.7 cm³/mol. The lowest BCUT2D eigenvalue weighted by molar-refractivity contribution is 0.0696. The van der Waals surface area contributed by atoms with Crippen molar-refractivity contribution >= 4 is 28.5 Å². The molecule has 7 nitrogen and oxygen atoms in total. The van der Waals surface area contributed by atoms with E-state index in [1.807, 2.05) is 18.2 Å². The van der Waals surface area contributed by atoms with Gasteiger partial charge in [-0.2, -0.15) is 0 Å². The van der Waals surface area contributed by atoms with E-state index in [4.69, 9.17) is 5.11 Å². The van der Waals surface area contributed by atoms with E-state index in [0.717, 1.165) is 16.6 Å². The van der Waals surface area contributed by atoms with Crippen molar-refractivity contribution in [3.63, 3.8) is 0 Å². The first-order valence-corrected chi connectivity index (χ1v) is 7.94. The van der Waals surface area contributed by atoms with Crippen LogP contribution in [-0.4, -0.2) is 29.0 Å². The molecule has 0 aliphatic heterocycles. The highest BCUT2D eigenvalue weighted by molar-refractivity contribution is 5.99. The Morgan fingerprint density at radius 3 is 2.50 bits per heavy atom. The fraction of sp³-hybridized carbons (Fsp3) is 0.105. The minimum Gasteiger partial charge on any atom is -0.478 e. The van der Waals surface area contributed by atoms with Gasteiger partial charge in [-0.3, -0.25) is 9.59 Å². The summed E-state index contributed by atoms with van der Waals surface area (Å²) in [6.07, 6.45) is 0. The Bertz CT molecular complexity index is 1040. The van der Waals surface area contributed by atoms with Crippen LogP contribution in [0.4, 0.5) is 5.69 Å². The summed E-state index contributed by atoms with van der Waals surface area (Å²) < 4.78 is 0. The summed E-state index contributed by atoms with van der Waals surface area (Å²) in [5, 5.41) is 15.3. The molecule has 3 rings (SSSR count). The molecule has 0 aliphatic carbocycles. The fourth-order valence-corrected chi connectivity index (χ4v) is 2.65. The number of carbonyl (C=O) groups is 2. The van der Waals surface area contributed by atoms with Crippen molar-refractivity contribution in [1.82, 2.24) is 10.3 Å². The third-order valence-electron chi connectivity index (χ3n) is 4.05. The maximum Gasteiger partial charge on any atom is 0.335 e. The van der Waals surface area contributed by atoms with Crippen molar-refractivity contribution in [2.24, 2.45) is 0 Å². The maximum atomic E-state index is 12.4. The van der Waals surface area contributed by atoms with E-state index in [2.05, 4.69) is 15.6 Å². The molecule has 26 heavy (non-hydrogen) atoms. The number of nitrogens with one attached hydrogen (secondary N) is 3. The number of anilines is 1. The van der Waals surface area contributed by atoms with Crippen molar-refractivity contribution in [1.29, 1.82) is 0 Å². The predicted octanol–water partition coefficient (Wildman–Crippen LogP) is 2.20. The van der Waals surface area contributed by atoms with Gasteiger partial charge in [-0.25, -0.2) is 4.79 Å².